The molecule has 110 valence electrons. The van der Waals surface area contributed by atoms with E-state index >= 15 is 0 Å². The zero-order valence-corrected chi connectivity index (χ0v) is 12.3. The summed E-state index contributed by atoms with van der Waals surface area (Å²) in [4.78, 5) is 0. The van der Waals surface area contributed by atoms with E-state index in [0.29, 0.717) is 13.0 Å². The van der Waals surface area contributed by atoms with Gasteiger partial charge in [0, 0.05) is 0 Å². The van der Waals surface area contributed by atoms with Gasteiger partial charge in [0.1, 0.15) is 5.75 Å². The average molecular weight is 276 g/mol. The summed E-state index contributed by atoms with van der Waals surface area (Å²) < 4.78 is 10.9. The predicted molar refractivity (Wildman–Crippen MR) is 81.8 cm³/mol. The zero-order valence-electron chi connectivity index (χ0n) is 12.3. The molecule has 0 aliphatic heterocycles. The molecule has 0 amide bonds. The molecule has 0 aliphatic carbocycles. The standard InChI is InChI=1S/C17H24O3/c1-5-15(11-13(3)17(18)6-2)20-12-14-7-9-16(19-4)10-8-14/h5-10,13,15,17-18H,1-2,11-12H2,3-4H3/t13?,15-,17?/m1/s1. The molecule has 0 saturated carbocycles. The van der Waals surface area contributed by atoms with Crippen LogP contribution in [0.15, 0.2) is 49.6 Å². The molecule has 0 spiro atoms. The number of methoxy groups -OCH3 is 1. The maximum Gasteiger partial charge on any atom is 0.118 e. The minimum Gasteiger partial charge on any atom is -0.497 e. The van der Waals surface area contributed by atoms with E-state index in [9.17, 15) is 5.11 Å². The van der Waals surface area contributed by atoms with Crippen LogP contribution in [0.2, 0.25) is 0 Å². The van der Waals surface area contributed by atoms with Gasteiger partial charge in [-0.25, -0.2) is 0 Å². The van der Waals surface area contributed by atoms with Crippen molar-refractivity contribution >= 4 is 0 Å². The van der Waals surface area contributed by atoms with Crippen molar-refractivity contribution in [3.8, 4) is 5.75 Å². The van der Waals surface area contributed by atoms with Gasteiger partial charge >= 0.3 is 0 Å². The summed E-state index contributed by atoms with van der Waals surface area (Å²) in [5, 5.41) is 9.69. The van der Waals surface area contributed by atoms with Crippen LogP contribution in [-0.2, 0) is 11.3 Å². The molecule has 0 radical (unpaired) electrons. The fourth-order valence-corrected chi connectivity index (χ4v) is 1.90. The fraction of sp³-hybridized carbons (Fsp3) is 0.412. The van der Waals surface area contributed by atoms with Crippen molar-refractivity contribution in [3.05, 3.63) is 55.1 Å². The first-order valence-electron chi connectivity index (χ1n) is 6.78. The van der Waals surface area contributed by atoms with Crippen LogP contribution in [0.3, 0.4) is 0 Å². The van der Waals surface area contributed by atoms with Crippen molar-refractivity contribution < 1.29 is 14.6 Å². The summed E-state index contributed by atoms with van der Waals surface area (Å²) in [6, 6.07) is 7.76. The van der Waals surface area contributed by atoms with E-state index in [2.05, 4.69) is 13.2 Å². The molecule has 0 aliphatic rings. The first-order chi connectivity index (χ1) is 9.60. The van der Waals surface area contributed by atoms with E-state index in [0.717, 1.165) is 11.3 Å². The third-order valence-electron chi connectivity index (χ3n) is 3.31. The van der Waals surface area contributed by atoms with E-state index in [4.69, 9.17) is 9.47 Å². The second-order valence-corrected chi connectivity index (χ2v) is 4.87. The van der Waals surface area contributed by atoms with Gasteiger partial charge in [-0.2, -0.15) is 0 Å². The first kappa shape index (κ1) is 16.5. The molecule has 0 aromatic heterocycles. The molecule has 2 unspecified atom stereocenters. The summed E-state index contributed by atoms with van der Waals surface area (Å²) in [7, 11) is 1.64. The van der Waals surface area contributed by atoms with Crippen LogP contribution < -0.4 is 4.74 Å². The molecule has 1 N–H and O–H groups in total. The second-order valence-electron chi connectivity index (χ2n) is 4.87. The number of hydrogen-bond acceptors (Lipinski definition) is 3. The van der Waals surface area contributed by atoms with Gasteiger partial charge in [-0.3, -0.25) is 0 Å². The molecule has 1 rings (SSSR count). The van der Waals surface area contributed by atoms with Crippen molar-refractivity contribution in [2.24, 2.45) is 5.92 Å². The smallest absolute Gasteiger partial charge is 0.118 e. The van der Waals surface area contributed by atoms with E-state index in [1.165, 1.54) is 0 Å². The molecular weight excluding hydrogens is 252 g/mol. The Bertz CT molecular complexity index is 411. The van der Waals surface area contributed by atoms with Gasteiger partial charge < -0.3 is 14.6 Å². The Hall–Kier alpha value is -1.58. The normalized spacial score (nSPS) is 15.2. The third kappa shape index (κ3) is 5.19. The van der Waals surface area contributed by atoms with Crippen molar-refractivity contribution in [2.45, 2.75) is 32.2 Å². The Kier molecular flexibility index (Phi) is 7.05. The van der Waals surface area contributed by atoms with Gasteiger partial charge in [0.2, 0.25) is 0 Å². The van der Waals surface area contributed by atoms with Gasteiger partial charge in [0.15, 0.2) is 0 Å². The lowest BCUT2D eigenvalue weighted by Crippen LogP contribution is -2.21. The molecule has 1 aromatic rings. The topological polar surface area (TPSA) is 38.7 Å². The lowest BCUT2D eigenvalue weighted by molar-refractivity contribution is 0.0405. The molecule has 0 saturated heterocycles. The molecular formula is C17H24O3. The van der Waals surface area contributed by atoms with E-state index in [1.54, 1.807) is 19.3 Å². The SMILES string of the molecule is C=CC(O)C(C)C[C@@H](C=C)OCc1ccc(OC)cc1. The summed E-state index contributed by atoms with van der Waals surface area (Å²) in [6.07, 6.45) is 3.44. The van der Waals surface area contributed by atoms with Crippen molar-refractivity contribution in [3.63, 3.8) is 0 Å². The number of rotatable bonds is 9. The maximum atomic E-state index is 9.69. The highest BCUT2D eigenvalue weighted by molar-refractivity contribution is 5.26. The number of benzene rings is 1. The van der Waals surface area contributed by atoms with Gasteiger partial charge in [-0.15, -0.1) is 13.2 Å². The Morgan fingerprint density at radius 1 is 1.20 bits per heavy atom. The summed E-state index contributed by atoms with van der Waals surface area (Å²) in [5.41, 5.74) is 1.08. The molecule has 3 heteroatoms. The van der Waals surface area contributed by atoms with Crippen LogP contribution in [0.1, 0.15) is 18.9 Å². The molecule has 20 heavy (non-hydrogen) atoms. The highest BCUT2D eigenvalue weighted by Crippen LogP contribution is 2.17. The number of hydrogen-bond donors (Lipinski definition) is 1. The minimum absolute atomic E-state index is 0.0818. The minimum atomic E-state index is -0.512. The molecule has 1 aromatic carbocycles. The van der Waals surface area contributed by atoms with Gasteiger partial charge in [-0.1, -0.05) is 31.2 Å². The fourth-order valence-electron chi connectivity index (χ4n) is 1.90. The number of aliphatic hydroxyl groups excluding tert-OH is 1. The molecule has 0 bridgehead atoms. The zero-order chi connectivity index (χ0) is 15.0. The van der Waals surface area contributed by atoms with Crippen LogP contribution in [0.25, 0.3) is 0 Å². The van der Waals surface area contributed by atoms with Crippen LogP contribution in [0, 0.1) is 5.92 Å². The lowest BCUT2D eigenvalue weighted by Gasteiger charge is -2.21. The van der Waals surface area contributed by atoms with E-state index in [-0.39, 0.29) is 12.0 Å². The number of ether oxygens (including phenoxy) is 2. The quantitative estimate of drug-likeness (QED) is 0.703. The average Bonchev–Trinajstić information content (AvgIpc) is 2.50. The second kappa shape index (κ2) is 8.56. The van der Waals surface area contributed by atoms with Crippen LogP contribution >= 0.6 is 0 Å². The Labute approximate surface area is 121 Å². The molecule has 3 atom stereocenters. The summed E-state index contributed by atoms with van der Waals surface area (Å²) in [6.45, 7) is 9.87. The van der Waals surface area contributed by atoms with Crippen LogP contribution in [0.5, 0.6) is 5.75 Å². The maximum absolute atomic E-state index is 9.69. The monoisotopic (exact) mass is 276 g/mol. The van der Waals surface area contributed by atoms with Gasteiger partial charge in [0.05, 0.1) is 25.9 Å². The molecule has 0 fully saturated rings. The highest BCUT2D eigenvalue weighted by atomic mass is 16.5. The van der Waals surface area contributed by atoms with Crippen LogP contribution in [-0.4, -0.2) is 24.4 Å². The van der Waals surface area contributed by atoms with E-state index < -0.39 is 6.10 Å². The summed E-state index contributed by atoms with van der Waals surface area (Å²) >= 11 is 0. The third-order valence-corrected chi connectivity index (χ3v) is 3.31. The Morgan fingerprint density at radius 2 is 1.85 bits per heavy atom. The highest BCUT2D eigenvalue weighted by Gasteiger charge is 2.16. The van der Waals surface area contributed by atoms with E-state index in [1.807, 2.05) is 31.2 Å². The number of aliphatic hydroxyl groups is 1. The van der Waals surface area contributed by atoms with Gasteiger partial charge in [0.25, 0.3) is 0 Å². The molecule has 3 nitrogen and oxygen atoms in total. The van der Waals surface area contributed by atoms with Crippen LogP contribution in [0.4, 0.5) is 0 Å². The molecule has 0 heterocycles. The summed E-state index contributed by atoms with van der Waals surface area (Å²) in [5.74, 6) is 0.920. The van der Waals surface area contributed by atoms with Crippen molar-refractivity contribution in [1.29, 1.82) is 0 Å². The largest absolute Gasteiger partial charge is 0.497 e. The predicted octanol–water partition coefficient (Wildman–Crippen LogP) is 3.34. The van der Waals surface area contributed by atoms with Gasteiger partial charge in [-0.05, 0) is 30.0 Å². The Balaban J connectivity index is 2.47. The van der Waals surface area contributed by atoms with Crippen molar-refractivity contribution in [2.75, 3.05) is 7.11 Å². The Morgan fingerprint density at radius 3 is 2.35 bits per heavy atom. The first-order valence-corrected chi connectivity index (χ1v) is 6.78. The lowest BCUT2D eigenvalue weighted by atomic mass is 9.97. The van der Waals surface area contributed by atoms with Crippen molar-refractivity contribution in [1.82, 2.24) is 0 Å².